The third kappa shape index (κ3) is 11.8. The molecule has 0 rings (SSSR count). The van der Waals surface area contributed by atoms with Crippen LogP contribution in [0.15, 0.2) is 0 Å². The summed E-state index contributed by atoms with van der Waals surface area (Å²) in [5.74, 6) is 0. The predicted molar refractivity (Wildman–Crippen MR) is 62.3 cm³/mol. The van der Waals surface area contributed by atoms with E-state index in [0.29, 0.717) is 0 Å². The molecule has 14 heavy (non-hydrogen) atoms. The summed E-state index contributed by atoms with van der Waals surface area (Å²) < 4.78 is 0. The molecule has 0 amide bonds. The summed E-state index contributed by atoms with van der Waals surface area (Å²) in [7, 11) is 0. The van der Waals surface area contributed by atoms with E-state index >= 15 is 0 Å². The molecule has 0 fully saturated rings. The van der Waals surface area contributed by atoms with Gasteiger partial charge < -0.3 is 22.1 Å². The van der Waals surface area contributed by atoms with E-state index in [1.165, 1.54) is 12.8 Å². The van der Waals surface area contributed by atoms with Gasteiger partial charge in [-0.2, -0.15) is 0 Å². The fourth-order valence-corrected chi connectivity index (χ4v) is 1.21. The van der Waals surface area contributed by atoms with Crippen molar-refractivity contribution in [3.05, 3.63) is 0 Å². The van der Waals surface area contributed by atoms with Crippen LogP contribution in [-0.2, 0) is 0 Å². The highest BCUT2D eigenvalue weighted by molar-refractivity contribution is 4.53. The zero-order chi connectivity index (χ0) is 10.5. The second-order valence-corrected chi connectivity index (χ2v) is 3.49. The topological polar surface area (TPSA) is 76.1 Å². The van der Waals surface area contributed by atoms with Crippen LogP contribution in [0.5, 0.6) is 0 Å². The van der Waals surface area contributed by atoms with Gasteiger partial charge in [-0.3, -0.25) is 0 Å². The summed E-state index contributed by atoms with van der Waals surface area (Å²) in [6.07, 6.45) is 4.58. The summed E-state index contributed by atoms with van der Waals surface area (Å²) in [5.41, 5.74) is 10.8. The molecule has 0 atom stereocenters. The number of nitrogens with one attached hydrogen (secondary N) is 2. The highest BCUT2D eigenvalue weighted by Gasteiger charge is 1.89. The average molecular weight is 202 g/mol. The van der Waals surface area contributed by atoms with Gasteiger partial charge in [-0.25, -0.2) is 0 Å². The van der Waals surface area contributed by atoms with Crippen LogP contribution in [0.25, 0.3) is 0 Å². The van der Waals surface area contributed by atoms with Gasteiger partial charge in [0.1, 0.15) is 0 Å². The van der Waals surface area contributed by atoms with Crippen molar-refractivity contribution in [1.29, 1.82) is 0 Å². The third-order valence-electron chi connectivity index (χ3n) is 2.07. The van der Waals surface area contributed by atoms with Crippen LogP contribution in [0.2, 0.25) is 0 Å². The normalized spacial score (nSPS) is 10.7. The molecule has 0 aliphatic rings. The van der Waals surface area contributed by atoms with Crippen LogP contribution in [0, 0.1) is 0 Å². The minimum atomic E-state index is 0.782. The number of rotatable bonds is 11. The van der Waals surface area contributed by atoms with Crippen molar-refractivity contribution in [2.24, 2.45) is 11.5 Å². The molecule has 0 aromatic heterocycles. The Morgan fingerprint density at radius 3 is 1.64 bits per heavy atom. The SMILES string of the molecule is NCCCCNCCCNCCCN. The van der Waals surface area contributed by atoms with Crippen molar-refractivity contribution in [1.82, 2.24) is 10.6 Å². The second-order valence-electron chi connectivity index (χ2n) is 3.49. The predicted octanol–water partition coefficient (Wildman–Crippen LogP) is -0.357. The Morgan fingerprint density at radius 2 is 1.07 bits per heavy atom. The maximum Gasteiger partial charge on any atom is -0.00368 e. The van der Waals surface area contributed by atoms with E-state index in [1.807, 2.05) is 0 Å². The molecule has 0 heterocycles. The van der Waals surface area contributed by atoms with Crippen LogP contribution in [-0.4, -0.2) is 39.3 Å². The van der Waals surface area contributed by atoms with E-state index in [9.17, 15) is 0 Å². The Labute approximate surface area is 87.8 Å². The Balaban J connectivity index is 2.78. The standard InChI is InChI=1S/C10H26N4/c11-5-1-2-7-13-9-4-10-14-8-3-6-12/h13-14H,1-12H2. The number of hydrogen-bond donors (Lipinski definition) is 4. The third-order valence-corrected chi connectivity index (χ3v) is 2.07. The molecule has 0 aromatic rings. The van der Waals surface area contributed by atoms with Crippen LogP contribution >= 0.6 is 0 Å². The molecule has 0 aliphatic heterocycles. The molecule has 0 unspecified atom stereocenters. The van der Waals surface area contributed by atoms with Gasteiger partial charge in [-0.1, -0.05) is 0 Å². The van der Waals surface area contributed by atoms with Gasteiger partial charge >= 0.3 is 0 Å². The monoisotopic (exact) mass is 202 g/mol. The van der Waals surface area contributed by atoms with Gasteiger partial charge in [0.25, 0.3) is 0 Å². The fraction of sp³-hybridized carbons (Fsp3) is 1.00. The van der Waals surface area contributed by atoms with Crippen LogP contribution < -0.4 is 22.1 Å². The van der Waals surface area contributed by atoms with Gasteiger partial charge in [0, 0.05) is 0 Å². The maximum atomic E-state index is 5.39. The number of nitrogens with two attached hydrogens (primary N) is 2. The summed E-state index contributed by atoms with van der Waals surface area (Å²) in [5, 5.41) is 6.74. The van der Waals surface area contributed by atoms with E-state index in [4.69, 9.17) is 11.5 Å². The molecule has 0 spiro atoms. The zero-order valence-corrected chi connectivity index (χ0v) is 9.23. The van der Waals surface area contributed by atoms with Gasteiger partial charge in [0.2, 0.25) is 0 Å². The quantitative estimate of drug-likeness (QED) is 0.345. The van der Waals surface area contributed by atoms with Gasteiger partial charge in [0.05, 0.1) is 0 Å². The molecule has 4 heteroatoms. The lowest BCUT2D eigenvalue weighted by Gasteiger charge is -2.05. The largest absolute Gasteiger partial charge is 0.330 e. The van der Waals surface area contributed by atoms with E-state index < -0.39 is 0 Å². The van der Waals surface area contributed by atoms with Crippen molar-refractivity contribution >= 4 is 0 Å². The lowest BCUT2D eigenvalue weighted by molar-refractivity contribution is 0.571. The molecule has 0 aliphatic carbocycles. The molecule has 6 N–H and O–H groups in total. The Bertz CT molecular complexity index is 86.1. The van der Waals surface area contributed by atoms with Crippen molar-refractivity contribution in [3.8, 4) is 0 Å². The number of hydrogen-bond acceptors (Lipinski definition) is 4. The van der Waals surface area contributed by atoms with E-state index in [2.05, 4.69) is 10.6 Å². The molecule has 0 bridgehead atoms. The molecular weight excluding hydrogens is 176 g/mol. The van der Waals surface area contributed by atoms with E-state index in [0.717, 1.165) is 52.1 Å². The minimum Gasteiger partial charge on any atom is -0.330 e. The first-order valence-electron chi connectivity index (χ1n) is 5.73. The lowest BCUT2D eigenvalue weighted by atomic mass is 10.3. The van der Waals surface area contributed by atoms with Crippen LogP contribution in [0.4, 0.5) is 0 Å². The minimum absolute atomic E-state index is 0.782. The first-order valence-corrected chi connectivity index (χ1v) is 5.73. The molecule has 0 aromatic carbocycles. The smallest absolute Gasteiger partial charge is 0.00368 e. The van der Waals surface area contributed by atoms with Crippen LogP contribution in [0.1, 0.15) is 25.7 Å². The molecule has 4 nitrogen and oxygen atoms in total. The highest BCUT2D eigenvalue weighted by Crippen LogP contribution is 1.82. The molecule has 0 radical (unpaired) electrons. The summed E-state index contributed by atoms with van der Waals surface area (Å²) >= 11 is 0. The van der Waals surface area contributed by atoms with Gasteiger partial charge in [-0.15, -0.1) is 0 Å². The van der Waals surface area contributed by atoms with Gasteiger partial charge in [0.15, 0.2) is 0 Å². The van der Waals surface area contributed by atoms with Crippen molar-refractivity contribution < 1.29 is 0 Å². The second kappa shape index (κ2) is 12.8. The van der Waals surface area contributed by atoms with E-state index in [1.54, 1.807) is 0 Å². The maximum absolute atomic E-state index is 5.39. The molecule has 0 saturated heterocycles. The van der Waals surface area contributed by atoms with Crippen molar-refractivity contribution in [2.45, 2.75) is 25.7 Å². The fourth-order valence-electron chi connectivity index (χ4n) is 1.21. The van der Waals surface area contributed by atoms with Crippen molar-refractivity contribution in [2.75, 3.05) is 39.3 Å². The Kier molecular flexibility index (Phi) is 12.7. The Hall–Kier alpha value is -0.160. The summed E-state index contributed by atoms with van der Waals surface area (Å²) in [6.45, 7) is 5.92. The average Bonchev–Trinajstić information content (AvgIpc) is 2.21. The van der Waals surface area contributed by atoms with Crippen LogP contribution in [0.3, 0.4) is 0 Å². The first-order chi connectivity index (χ1) is 6.91. The van der Waals surface area contributed by atoms with Gasteiger partial charge in [-0.05, 0) is 65.0 Å². The first kappa shape index (κ1) is 13.8. The van der Waals surface area contributed by atoms with Crippen molar-refractivity contribution in [3.63, 3.8) is 0 Å². The Morgan fingerprint density at radius 1 is 0.571 bits per heavy atom. The lowest BCUT2D eigenvalue weighted by Crippen LogP contribution is -2.24. The molecule has 86 valence electrons. The summed E-state index contributed by atoms with van der Waals surface area (Å²) in [6, 6.07) is 0. The van der Waals surface area contributed by atoms with E-state index in [-0.39, 0.29) is 0 Å². The summed E-state index contributed by atoms with van der Waals surface area (Å²) in [4.78, 5) is 0. The molecular formula is C10H26N4. The highest BCUT2D eigenvalue weighted by atomic mass is 14.9. The zero-order valence-electron chi connectivity index (χ0n) is 9.23. The molecule has 0 saturated carbocycles. The number of unbranched alkanes of at least 4 members (excludes halogenated alkanes) is 1.